The quantitative estimate of drug-likeness (QED) is 0.431. The maximum atomic E-state index is 12.9. The van der Waals surface area contributed by atoms with E-state index in [0.29, 0.717) is 0 Å². The van der Waals surface area contributed by atoms with Crippen LogP contribution in [0.3, 0.4) is 0 Å². The van der Waals surface area contributed by atoms with Crippen molar-refractivity contribution < 1.29 is 14.5 Å². The number of carbonyl (C=O) groups is 1. The van der Waals surface area contributed by atoms with Gasteiger partial charge in [-0.2, -0.15) is 0 Å². The smallest absolute Gasteiger partial charge is 0.324 e. The van der Waals surface area contributed by atoms with Gasteiger partial charge in [-0.05, 0) is 44.0 Å². The molecule has 148 valence electrons. The van der Waals surface area contributed by atoms with Crippen LogP contribution in [0.2, 0.25) is 0 Å². The van der Waals surface area contributed by atoms with Gasteiger partial charge in [-0.3, -0.25) is 20.2 Å². The Morgan fingerprint density at radius 3 is 2.32 bits per heavy atom. The second-order valence-electron chi connectivity index (χ2n) is 7.92. The minimum absolute atomic E-state index is 0.291. The van der Waals surface area contributed by atoms with E-state index in [1.165, 1.54) is 0 Å². The summed E-state index contributed by atoms with van der Waals surface area (Å²) in [5, 5.41) is 15.3. The first-order chi connectivity index (χ1) is 13.2. The molecule has 0 unspecified atom stereocenters. The van der Waals surface area contributed by atoms with Crippen LogP contribution >= 0.6 is 15.9 Å². The molecule has 2 aromatic rings. The summed E-state index contributed by atoms with van der Waals surface area (Å²) in [5.74, 6) is -1.12. The fourth-order valence-corrected chi connectivity index (χ4v) is 4.11. The van der Waals surface area contributed by atoms with E-state index in [1.807, 2.05) is 54.6 Å². The van der Waals surface area contributed by atoms with Crippen molar-refractivity contribution in [1.29, 1.82) is 0 Å². The topological polar surface area (TPSA) is 81.5 Å². The van der Waals surface area contributed by atoms with Gasteiger partial charge in [0, 0.05) is 9.40 Å². The fraction of sp³-hybridized carbons (Fsp3) is 0.381. The van der Waals surface area contributed by atoms with Crippen molar-refractivity contribution in [3.8, 4) is 0 Å². The SMILES string of the molecule is CC(C)(C)OC(=O)[C@H]1N[C@@H](c2cccc(Br)c2)[C@@H]([N+](=O)[O-])[C@@H]1c1ccccc1. The number of carbonyl (C=O) groups excluding carboxylic acids is 1. The molecule has 4 atom stereocenters. The van der Waals surface area contributed by atoms with Gasteiger partial charge >= 0.3 is 5.97 Å². The van der Waals surface area contributed by atoms with Crippen molar-refractivity contribution in [2.45, 2.75) is 50.4 Å². The molecule has 0 radical (unpaired) electrons. The maximum Gasteiger partial charge on any atom is 0.324 e. The summed E-state index contributed by atoms with van der Waals surface area (Å²) in [6.07, 6.45) is 0. The van der Waals surface area contributed by atoms with Gasteiger partial charge in [-0.1, -0.05) is 58.4 Å². The lowest BCUT2D eigenvalue weighted by molar-refractivity contribution is -0.527. The molecule has 1 N–H and O–H groups in total. The van der Waals surface area contributed by atoms with Crippen molar-refractivity contribution in [2.24, 2.45) is 0 Å². The molecular weight excluding hydrogens is 424 g/mol. The number of ether oxygens (including phenoxy) is 1. The van der Waals surface area contributed by atoms with Gasteiger partial charge in [-0.25, -0.2) is 0 Å². The monoisotopic (exact) mass is 446 g/mol. The Balaban J connectivity index is 2.07. The summed E-state index contributed by atoms with van der Waals surface area (Å²) in [5.41, 5.74) is 0.811. The van der Waals surface area contributed by atoms with Crippen LogP contribution in [0.5, 0.6) is 0 Å². The second kappa shape index (κ2) is 8.01. The van der Waals surface area contributed by atoms with Gasteiger partial charge < -0.3 is 4.74 Å². The minimum atomic E-state index is -1.01. The zero-order valence-electron chi connectivity index (χ0n) is 16.0. The molecule has 3 rings (SSSR count). The number of nitro groups is 1. The number of nitrogens with zero attached hydrogens (tertiary/aromatic N) is 1. The molecule has 0 amide bonds. The Morgan fingerprint density at radius 2 is 1.75 bits per heavy atom. The van der Waals surface area contributed by atoms with E-state index in [2.05, 4.69) is 21.2 Å². The van der Waals surface area contributed by atoms with E-state index in [0.717, 1.165) is 15.6 Å². The van der Waals surface area contributed by atoms with Gasteiger partial charge in [-0.15, -0.1) is 0 Å². The molecule has 1 heterocycles. The molecule has 0 saturated carbocycles. The summed E-state index contributed by atoms with van der Waals surface area (Å²) >= 11 is 3.42. The zero-order chi connectivity index (χ0) is 20.5. The lowest BCUT2D eigenvalue weighted by atomic mass is 9.85. The van der Waals surface area contributed by atoms with Gasteiger partial charge in [0.05, 0.1) is 5.92 Å². The largest absolute Gasteiger partial charge is 0.459 e. The summed E-state index contributed by atoms with van der Waals surface area (Å²) in [6, 6.07) is 14.1. The van der Waals surface area contributed by atoms with Gasteiger partial charge in [0.25, 0.3) is 0 Å². The van der Waals surface area contributed by atoms with Crippen molar-refractivity contribution in [2.75, 3.05) is 0 Å². The van der Waals surface area contributed by atoms with Crippen LogP contribution in [-0.2, 0) is 9.53 Å². The third kappa shape index (κ3) is 4.42. The van der Waals surface area contributed by atoms with Crippen LogP contribution in [0.15, 0.2) is 59.1 Å². The molecule has 1 aliphatic heterocycles. The zero-order valence-corrected chi connectivity index (χ0v) is 17.5. The number of halogens is 1. The van der Waals surface area contributed by atoms with Crippen LogP contribution in [-0.4, -0.2) is 28.6 Å². The molecule has 28 heavy (non-hydrogen) atoms. The average Bonchev–Trinajstić information content (AvgIpc) is 3.02. The van der Waals surface area contributed by atoms with Crippen LogP contribution in [0.4, 0.5) is 0 Å². The van der Waals surface area contributed by atoms with E-state index in [9.17, 15) is 14.9 Å². The first kappa shape index (κ1) is 20.5. The van der Waals surface area contributed by atoms with Crippen molar-refractivity contribution in [3.05, 3.63) is 80.3 Å². The molecule has 0 aliphatic carbocycles. The van der Waals surface area contributed by atoms with Crippen LogP contribution in [0.25, 0.3) is 0 Å². The Labute approximate surface area is 172 Å². The molecular formula is C21H23BrN2O4. The predicted molar refractivity (Wildman–Crippen MR) is 110 cm³/mol. The number of nitrogens with one attached hydrogen (secondary N) is 1. The Bertz CT molecular complexity index is 866. The lowest BCUT2D eigenvalue weighted by Crippen LogP contribution is -2.41. The number of hydrogen-bond acceptors (Lipinski definition) is 5. The van der Waals surface area contributed by atoms with E-state index >= 15 is 0 Å². The molecule has 2 aromatic carbocycles. The molecule has 1 fully saturated rings. The Kier molecular flexibility index (Phi) is 5.86. The third-order valence-corrected chi connectivity index (χ3v) is 5.22. The molecule has 6 nitrogen and oxygen atoms in total. The van der Waals surface area contributed by atoms with Gasteiger partial charge in [0.1, 0.15) is 17.7 Å². The van der Waals surface area contributed by atoms with Crippen LogP contribution in [0.1, 0.15) is 43.9 Å². The highest BCUT2D eigenvalue weighted by molar-refractivity contribution is 9.10. The molecule has 1 aliphatic rings. The third-order valence-electron chi connectivity index (χ3n) is 4.72. The van der Waals surface area contributed by atoms with E-state index in [-0.39, 0.29) is 4.92 Å². The molecule has 0 bridgehead atoms. The summed E-state index contributed by atoms with van der Waals surface area (Å²) < 4.78 is 6.40. The second-order valence-corrected chi connectivity index (χ2v) is 8.84. The number of benzene rings is 2. The molecule has 0 spiro atoms. The first-order valence-corrected chi connectivity index (χ1v) is 9.89. The summed E-state index contributed by atoms with van der Waals surface area (Å²) in [6.45, 7) is 5.36. The Morgan fingerprint density at radius 1 is 1.11 bits per heavy atom. The van der Waals surface area contributed by atoms with Gasteiger partial charge in [0.15, 0.2) is 0 Å². The molecule has 0 aromatic heterocycles. The highest BCUT2D eigenvalue weighted by atomic mass is 79.9. The molecule has 7 heteroatoms. The van der Waals surface area contributed by atoms with Crippen LogP contribution < -0.4 is 5.32 Å². The minimum Gasteiger partial charge on any atom is -0.459 e. The summed E-state index contributed by atoms with van der Waals surface area (Å²) in [4.78, 5) is 24.8. The average molecular weight is 447 g/mol. The normalized spacial score (nSPS) is 24.7. The number of rotatable bonds is 4. The van der Waals surface area contributed by atoms with E-state index < -0.39 is 35.6 Å². The van der Waals surface area contributed by atoms with Gasteiger partial charge in [0.2, 0.25) is 6.04 Å². The standard InChI is InChI=1S/C21H23BrN2O4/c1-21(2,3)28-20(25)18-16(13-8-5-4-6-9-13)19(24(26)27)17(23-18)14-10-7-11-15(22)12-14/h4-12,16-19,23H,1-3H3/t16-,17+,18+,19+/m1/s1. The fourth-order valence-electron chi connectivity index (χ4n) is 3.69. The van der Waals surface area contributed by atoms with Crippen LogP contribution in [0, 0.1) is 10.1 Å². The van der Waals surface area contributed by atoms with Crippen molar-refractivity contribution in [1.82, 2.24) is 5.32 Å². The summed E-state index contributed by atoms with van der Waals surface area (Å²) in [7, 11) is 0. The van der Waals surface area contributed by atoms with E-state index in [1.54, 1.807) is 20.8 Å². The highest BCUT2D eigenvalue weighted by Gasteiger charge is 2.55. The van der Waals surface area contributed by atoms with Crippen molar-refractivity contribution in [3.63, 3.8) is 0 Å². The molecule has 1 saturated heterocycles. The number of hydrogen-bond donors (Lipinski definition) is 1. The predicted octanol–water partition coefficient (Wildman–Crippen LogP) is 4.23. The van der Waals surface area contributed by atoms with E-state index in [4.69, 9.17) is 4.74 Å². The Hall–Kier alpha value is -2.25. The lowest BCUT2D eigenvalue weighted by Gasteiger charge is -2.25. The maximum absolute atomic E-state index is 12.9. The van der Waals surface area contributed by atoms with Crippen molar-refractivity contribution >= 4 is 21.9 Å². The number of esters is 1. The highest BCUT2D eigenvalue weighted by Crippen LogP contribution is 2.41. The first-order valence-electron chi connectivity index (χ1n) is 9.10.